The van der Waals surface area contributed by atoms with E-state index in [0.29, 0.717) is 6.61 Å². The van der Waals surface area contributed by atoms with Crippen LogP contribution in [0.1, 0.15) is 20.8 Å². The van der Waals surface area contributed by atoms with Crippen LogP contribution in [0.5, 0.6) is 5.75 Å². The first-order valence-corrected chi connectivity index (χ1v) is 7.41. The summed E-state index contributed by atoms with van der Waals surface area (Å²) in [5, 5.41) is 9.68. The zero-order valence-electron chi connectivity index (χ0n) is 11.7. The second kappa shape index (κ2) is 6.17. The molecule has 2 unspecified atom stereocenters. The molecule has 0 saturated heterocycles. The molecule has 5 nitrogen and oxygen atoms in total. The maximum Gasteiger partial charge on any atom is 0.307 e. The minimum Gasteiger partial charge on any atom is -0.494 e. The number of imidazole rings is 1. The van der Waals surface area contributed by atoms with Gasteiger partial charge in [0, 0.05) is 11.3 Å². The van der Waals surface area contributed by atoms with Crippen LogP contribution in [0.25, 0.3) is 11.0 Å². The van der Waals surface area contributed by atoms with Crippen LogP contribution in [-0.2, 0) is 4.79 Å². The van der Waals surface area contributed by atoms with Gasteiger partial charge in [0.1, 0.15) is 5.75 Å². The molecule has 20 heavy (non-hydrogen) atoms. The molecule has 1 heterocycles. The average molecular weight is 294 g/mol. The van der Waals surface area contributed by atoms with Gasteiger partial charge in [0.25, 0.3) is 0 Å². The van der Waals surface area contributed by atoms with Crippen LogP contribution in [0.15, 0.2) is 23.4 Å². The van der Waals surface area contributed by atoms with Gasteiger partial charge in [-0.15, -0.1) is 0 Å². The molecule has 0 spiro atoms. The molecule has 1 aromatic carbocycles. The molecule has 6 heteroatoms. The Labute approximate surface area is 121 Å². The molecule has 1 aromatic heterocycles. The highest BCUT2D eigenvalue weighted by Gasteiger charge is 2.21. The highest BCUT2D eigenvalue weighted by Crippen LogP contribution is 2.28. The largest absolute Gasteiger partial charge is 0.494 e. The average Bonchev–Trinajstić information content (AvgIpc) is 2.79. The number of carboxylic acids is 1. The molecular weight excluding hydrogens is 276 g/mol. The molecule has 108 valence electrons. The van der Waals surface area contributed by atoms with Crippen LogP contribution in [0.2, 0.25) is 0 Å². The van der Waals surface area contributed by atoms with Gasteiger partial charge in [-0.2, -0.15) is 0 Å². The van der Waals surface area contributed by atoms with Crippen molar-refractivity contribution >= 4 is 28.8 Å². The summed E-state index contributed by atoms with van der Waals surface area (Å²) < 4.78 is 5.44. The lowest BCUT2D eigenvalue weighted by Gasteiger charge is -2.13. The van der Waals surface area contributed by atoms with Gasteiger partial charge in [-0.3, -0.25) is 4.79 Å². The first kappa shape index (κ1) is 14.7. The Morgan fingerprint density at radius 3 is 2.90 bits per heavy atom. The lowest BCUT2D eigenvalue weighted by atomic mass is 10.1. The summed E-state index contributed by atoms with van der Waals surface area (Å²) in [6, 6.07) is 5.68. The number of benzene rings is 1. The van der Waals surface area contributed by atoms with E-state index >= 15 is 0 Å². The molecule has 0 saturated carbocycles. The SMILES string of the molecule is CCOc1ccc2nc(SC(C)C(C)C(=O)O)[nH]c2c1. The summed E-state index contributed by atoms with van der Waals surface area (Å²) in [6.45, 7) is 6.15. The highest BCUT2D eigenvalue weighted by molar-refractivity contribution is 7.99. The van der Waals surface area contributed by atoms with Crippen molar-refractivity contribution < 1.29 is 14.6 Å². The van der Waals surface area contributed by atoms with Gasteiger partial charge in [0.05, 0.1) is 23.6 Å². The molecule has 0 aliphatic rings. The topological polar surface area (TPSA) is 75.2 Å². The monoisotopic (exact) mass is 294 g/mol. The van der Waals surface area contributed by atoms with Crippen molar-refractivity contribution in [3.63, 3.8) is 0 Å². The Morgan fingerprint density at radius 1 is 1.50 bits per heavy atom. The van der Waals surface area contributed by atoms with Crippen molar-refractivity contribution in [2.45, 2.75) is 31.2 Å². The molecule has 2 aromatic rings. The fourth-order valence-electron chi connectivity index (χ4n) is 1.76. The number of aromatic nitrogens is 2. The molecule has 0 bridgehead atoms. The molecule has 0 aliphatic carbocycles. The van der Waals surface area contributed by atoms with Gasteiger partial charge in [0.15, 0.2) is 5.16 Å². The van der Waals surface area contributed by atoms with Gasteiger partial charge in [-0.25, -0.2) is 4.98 Å². The van der Waals surface area contributed by atoms with E-state index < -0.39 is 11.9 Å². The predicted octanol–water partition coefficient (Wildman–Crippen LogP) is 3.16. The second-order valence-corrected chi connectivity index (χ2v) is 5.97. The standard InChI is InChI=1S/C14H18N2O3S/c1-4-19-10-5-6-11-12(7-10)16-14(15-11)20-9(3)8(2)13(17)18/h5-9H,4H2,1-3H3,(H,15,16)(H,17,18). The van der Waals surface area contributed by atoms with Crippen LogP contribution >= 0.6 is 11.8 Å². The molecular formula is C14H18N2O3S. The van der Waals surface area contributed by atoms with Crippen molar-refractivity contribution in [3.8, 4) is 5.75 Å². The van der Waals surface area contributed by atoms with Crippen LogP contribution in [-0.4, -0.2) is 32.9 Å². The van der Waals surface area contributed by atoms with Gasteiger partial charge < -0.3 is 14.8 Å². The zero-order chi connectivity index (χ0) is 14.7. The minimum absolute atomic E-state index is 0.0561. The molecule has 2 N–H and O–H groups in total. The van der Waals surface area contributed by atoms with Crippen molar-refractivity contribution in [1.82, 2.24) is 9.97 Å². The Kier molecular flexibility index (Phi) is 4.54. The number of fused-ring (bicyclic) bond motifs is 1. The number of carboxylic acid groups (broad SMARTS) is 1. The van der Waals surface area contributed by atoms with Crippen LogP contribution in [0, 0.1) is 5.92 Å². The molecule has 0 aliphatic heterocycles. The van der Waals surface area contributed by atoms with E-state index in [9.17, 15) is 4.79 Å². The van der Waals surface area contributed by atoms with Crippen molar-refractivity contribution in [2.24, 2.45) is 5.92 Å². The fourth-order valence-corrected chi connectivity index (χ4v) is 2.75. The maximum absolute atomic E-state index is 11.0. The van der Waals surface area contributed by atoms with Gasteiger partial charge in [0.2, 0.25) is 0 Å². The third kappa shape index (κ3) is 3.25. The van der Waals surface area contributed by atoms with Crippen molar-refractivity contribution in [2.75, 3.05) is 6.61 Å². The first-order chi connectivity index (χ1) is 9.51. The number of carbonyl (C=O) groups is 1. The third-order valence-electron chi connectivity index (χ3n) is 3.13. The maximum atomic E-state index is 11.0. The number of hydrogen-bond donors (Lipinski definition) is 2. The number of hydrogen-bond acceptors (Lipinski definition) is 4. The van der Waals surface area contributed by atoms with E-state index in [1.54, 1.807) is 6.92 Å². The zero-order valence-corrected chi connectivity index (χ0v) is 12.5. The number of H-pyrrole nitrogens is 1. The Balaban J connectivity index is 2.17. The van der Waals surface area contributed by atoms with Crippen molar-refractivity contribution in [3.05, 3.63) is 18.2 Å². The van der Waals surface area contributed by atoms with E-state index in [4.69, 9.17) is 9.84 Å². The third-order valence-corrected chi connectivity index (χ3v) is 4.33. The number of aromatic amines is 1. The summed E-state index contributed by atoms with van der Waals surface area (Å²) in [5.41, 5.74) is 1.75. The summed E-state index contributed by atoms with van der Waals surface area (Å²) in [5.74, 6) is -0.418. The summed E-state index contributed by atoms with van der Waals surface area (Å²) in [4.78, 5) is 18.6. The van der Waals surface area contributed by atoms with Crippen LogP contribution < -0.4 is 4.74 Å². The van der Waals surface area contributed by atoms with E-state index in [1.165, 1.54) is 11.8 Å². The Morgan fingerprint density at radius 2 is 2.25 bits per heavy atom. The highest BCUT2D eigenvalue weighted by atomic mass is 32.2. The van der Waals surface area contributed by atoms with Gasteiger partial charge in [-0.05, 0) is 19.1 Å². The Hall–Kier alpha value is -1.69. The number of ether oxygens (including phenoxy) is 1. The van der Waals surface area contributed by atoms with Crippen molar-refractivity contribution in [1.29, 1.82) is 0 Å². The minimum atomic E-state index is -0.792. The lowest BCUT2D eigenvalue weighted by molar-refractivity contribution is -0.140. The molecule has 2 atom stereocenters. The van der Waals surface area contributed by atoms with Crippen LogP contribution in [0.4, 0.5) is 0 Å². The van der Waals surface area contributed by atoms with E-state index in [2.05, 4.69) is 9.97 Å². The molecule has 0 radical (unpaired) electrons. The summed E-state index contributed by atoms with van der Waals surface area (Å²) in [7, 11) is 0. The number of nitrogens with zero attached hydrogens (tertiary/aromatic N) is 1. The quantitative estimate of drug-likeness (QED) is 0.800. The van der Waals surface area contributed by atoms with E-state index in [1.807, 2.05) is 32.0 Å². The summed E-state index contributed by atoms with van der Waals surface area (Å²) >= 11 is 1.44. The van der Waals surface area contributed by atoms with Crippen LogP contribution in [0.3, 0.4) is 0 Å². The number of nitrogens with one attached hydrogen (secondary N) is 1. The normalized spacial score (nSPS) is 14.2. The molecule has 2 rings (SSSR count). The molecule has 0 amide bonds. The number of aliphatic carboxylic acids is 1. The molecule has 0 fully saturated rings. The smallest absolute Gasteiger partial charge is 0.307 e. The second-order valence-electron chi connectivity index (χ2n) is 4.60. The fraction of sp³-hybridized carbons (Fsp3) is 0.429. The number of thioether (sulfide) groups is 1. The Bertz CT molecular complexity index is 611. The van der Waals surface area contributed by atoms with Gasteiger partial charge >= 0.3 is 5.97 Å². The van der Waals surface area contributed by atoms with E-state index in [-0.39, 0.29) is 5.25 Å². The lowest BCUT2D eigenvalue weighted by Crippen LogP contribution is -2.20. The predicted molar refractivity (Wildman–Crippen MR) is 79.4 cm³/mol. The number of rotatable bonds is 6. The first-order valence-electron chi connectivity index (χ1n) is 6.53. The van der Waals surface area contributed by atoms with Gasteiger partial charge in [-0.1, -0.05) is 25.6 Å². The van der Waals surface area contributed by atoms with E-state index in [0.717, 1.165) is 21.9 Å². The summed E-state index contributed by atoms with van der Waals surface area (Å²) in [6.07, 6.45) is 0.